The van der Waals surface area contributed by atoms with E-state index in [1.165, 1.54) is 18.5 Å². The highest BCUT2D eigenvalue weighted by Gasteiger charge is 2.19. The first-order valence-corrected chi connectivity index (χ1v) is 8.40. The number of rotatable bonds is 5. The van der Waals surface area contributed by atoms with E-state index in [-0.39, 0.29) is 0 Å². The van der Waals surface area contributed by atoms with E-state index < -0.39 is 11.8 Å². The Labute approximate surface area is 147 Å². The second kappa shape index (κ2) is 8.11. The second-order valence-corrected chi connectivity index (χ2v) is 5.99. The molecule has 0 saturated carbocycles. The molecule has 0 aromatic heterocycles. The molecule has 1 N–H and O–H groups in total. The standard InChI is InChI=1S/C20H20N4O/c21-14-19(17-6-2-1-3-7-17)20(25)23-22-15-16-8-10-18(11-9-16)24-12-4-5-13-24/h1-3,6-11,15,19H,4-5,12-13H2,(H,23,25)/b22-15-/t19-/m1/s1. The van der Waals surface area contributed by atoms with Crippen molar-refractivity contribution in [3.05, 3.63) is 65.7 Å². The molecule has 0 radical (unpaired) electrons. The first-order chi connectivity index (χ1) is 12.3. The minimum atomic E-state index is -0.865. The van der Waals surface area contributed by atoms with E-state index in [4.69, 9.17) is 0 Å². The van der Waals surface area contributed by atoms with Gasteiger partial charge in [0.2, 0.25) is 0 Å². The quantitative estimate of drug-likeness (QED) is 0.676. The summed E-state index contributed by atoms with van der Waals surface area (Å²) in [5.74, 6) is -1.30. The van der Waals surface area contributed by atoms with Gasteiger partial charge in [-0.05, 0) is 36.1 Å². The van der Waals surface area contributed by atoms with Crippen molar-refractivity contribution >= 4 is 17.8 Å². The van der Waals surface area contributed by atoms with Gasteiger partial charge in [0, 0.05) is 18.8 Å². The molecule has 1 fully saturated rings. The van der Waals surface area contributed by atoms with Gasteiger partial charge in [-0.15, -0.1) is 0 Å². The molecule has 1 heterocycles. The molecule has 1 aliphatic heterocycles. The maximum absolute atomic E-state index is 12.1. The minimum Gasteiger partial charge on any atom is -0.372 e. The molecule has 25 heavy (non-hydrogen) atoms. The van der Waals surface area contributed by atoms with Crippen molar-refractivity contribution in [2.45, 2.75) is 18.8 Å². The van der Waals surface area contributed by atoms with Gasteiger partial charge in [-0.2, -0.15) is 10.4 Å². The normalized spacial score (nSPS) is 15.1. The topological polar surface area (TPSA) is 68.5 Å². The van der Waals surface area contributed by atoms with E-state index in [0.717, 1.165) is 18.7 Å². The first kappa shape index (κ1) is 16.7. The molecule has 0 unspecified atom stereocenters. The summed E-state index contributed by atoms with van der Waals surface area (Å²) in [6, 6.07) is 19.1. The van der Waals surface area contributed by atoms with Crippen LogP contribution in [-0.4, -0.2) is 25.2 Å². The van der Waals surface area contributed by atoms with E-state index in [1.54, 1.807) is 30.5 Å². The van der Waals surface area contributed by atoms with Gasteiger partial charge in [0.1, 0.15) is 0 Å². The van der Waals surface area contributed by atoms with E-state index >= 15 is 0 Å². The Morgan fingerprint density at radius 1 is 1.12 bits per heavy atom. The lowest BCUT2D eigenvalue weighted by molar-refractivity contribution is -0.121. The lowest BCUT2D eigenvalue weighted by atomic mass is 10.0. The van der Waals surface area contributed by atoms with Gasteiger partial charge in [0.15, 0.2) is 5.92 Å². The molecule has 1 aliphatic rings. The monoisotopic (exact) mass is 332 g/mol. The van der Waals surface area contributed by atoms with Crippen LogP contribution >= 0.6 is 0 Å². The minimum absolute atomic E-state index is 0.432. The third kappa shape index (κ3) is 4.24. The van der Waals surface area contributed by atoms with Gasteiger partial charge in [0.05, 0.1) is 12.3 Å². The van der Waals surface area contributed by atoms with Gasteiger partial charge in [-0.1, -0.05) is 42.5 Å². The zero-order chi connectivity index (χ0) is 17.5. The molecule has 126 valence electrons. The molecule has 1 amide bonds. The molecule has 0 aliphatic carbocycles. The SMILES string of the molecule is N#C[C@@H](C(=O)N/N=C\c1ccc(N2CCCC2)cc1)c1ccccc1. The molecule has 5 heteroatoms. The van der Waals surface area contributed by atoms with Crippen molar-refractivity contribution in [1.82, 2.24) is 5.43 Å². The molecule has 0 spiro atoms. The molecule has 1 saturated heterocycles. The van der Waals surface area contributed by atoms with Crippen molar-refractivity contribution in [2.75, 3.05) is 18.0 Å². The van der Waals surface area contributed by atoms with Crippen LogP contribution in [-0.2, 0) is 4.79 Å². The van der Waals surface area contributed by atoms with Crippen LogP contribution in [0.15, 0.2) is 59.7 Å². The van der Waals surface area contributed by atoms with E-state index in [2.05, 4.69) is 27.6 Å². The zero-order valence-electron chi connectivity index (χ0n) is 13.9. The Morgan fingerprint density at radius 2 is 1.80 bits per heavy atom. The summed E-state index contributed by atoms with van der Waals surface area (Å²) >= 11 is 0. The van der Waals surface area contributed by atoms with E-state index in [1.807, 2.05) is 24.3 Å². The molecular formula is C20H20N4O. The highest BCUT2D eigenvalue weighted by atomic mass is 16.2. The maximum atomic E-state index is 12.1. The number of nitrogens with one attached hydrogen (secondary N) is 1. The van der Waals surface area contributed by atoms with Crippen LogP contribution in [0.1, 0.15) is 29.9 Å². The number of nitriles is 1. The predicted molar refractivity (Wildman–Crippen MR) is 98.4 cm³/mol. The number of hydrazone groups is 1. The second-order valence-electron chi connectivity index (χ2n) is 5.99. The van der Waals surface area contributed by atoms with Gasteiger partial charge < -0.3 is 4.90 Å². The summed E-state index contributed by atoms with van der Waals surface area (Å²) in [4.78, 5) is 14.5. The molecule has 3 rings (SSSR count). The number of amides is 1. The Hall–Kier alpha value is -3.13. The summed E-state index contributed by atoms with van der Waals surface area (Å²) in [7, 11) is 0. The Kier molecular flexibility index (Phi) is 5.43. The lowest BCUT2D eigenvalue weighted by Crippen LogP contribution is -2.24. The number of benzene rings is 2. The van der Waals surface area contributed by atoms with Crippen LogP contribution in [0, 0.1) is 11.3 Å². The number of hydrogen-bond acceptors (Lipinski definition) is 4. The average molecular weight is 332 g/mol. The summed E-state index contributed by atoms with van der Waals surface area (Å²) < 4.78 is 0. The fraction of sp³-hybridized carbons (Fsp3) is 0.250. The molecule has 5 nitrogen and oxygen atoms in total. The van der Waals surface area contributed by atoms with Crippen molar-refractivity contribution in [1.29, 1.82) is 5.26 Å². The van der Waals surface area contributed by atoms with E-state index in [0.29, 0.717) is 5.56 Å². The summed E-state index contributed by atoms with van der Waals surface area (Å²) in [6.07, 6.45) is 4.08. The number of carbonyl (C=O) groups is 1. The Balaban J connectivity index is 1.58. The van der Waals surface area contributed by atoms with E-state index in [9.17, 15) is 10.1 Å². The Morgan fingerprint density at radius 3 is 2.44 bits per heavy atom. The summed E-state index contributed by atoms with van der Waals surface area (Å²) in [5.41, 5.74) is 5.22. The van der Waals surface area contributed by atoms with Gasteiger partial charge >= 0.3 is 0 Å². The van der Waals surface area contributed by atoms with Crippen LogP contribution in [0.25, 0.3) is 0 Å². The maximum Gasteiger partial charge on any atom is 0.261 e. The highest BCUT2D eigenvalue weighted by Crippen LogP contribution is 2.20. The molecule has 1 atom stereocenters. The number of carbonyl (C=O) groups excluding carboxylic acids is 1. The van der Waals surface area contributed by atoms with Crippen LogP contribution in [0.5, 0.6) is 0 Å². The summed E-state index contributed by atoms with van der Waals surface area (Å²) in [5, 5.41) is 13.2. The Bertz CT molecular complexity index is 772. The van der Waals surface area contributed by atoms with Crippen molar-refractivity contribution in [3.63, 3.8) is 0 Å². The van der Waals surface area contributed by atoms with Gasteiger partial charge in [-0.3, -0.25) is 4.79 Å². The van der Waals surface area contributed by atoms with Crippen LogP contribution in [0.4, 0.5) is 5.69 Å². The highest BCUT2D eigenvalue weighted by molar-refractivity contribution is 5.88. The third-order valence-electron chi connectivity index (χ3n) is 4.28. The van der Waals surface area contributed by atoms with Crippen molar-refractivity contribution in [3.8, 4) is 6.07 Å². The van der Waals surface area contributed by atoms with Crippen LogP contribution in [0.3, 0.4) is 0 Å². The first-order valence-electron chi connectivity index (χ1n) is 8.40. The smallest absolute Gasteiger partial charge is 0.261 e. The van der Waals surface area contributed by atoms with Gasteiger partial charge in [0.25, 0.3) is 5.91 Å². The molecule has 2 aromatic rings. The number of anilines is 1. The third-order valence-corrected chi connectivity index (χ3v) is 4.28. The predicted octanol–water partition coefficient (Wildman–Crippen LogP) is 3.04. The molecule has 0 bridgehead atoms. The summed E-state index contributed by atoms with van der Waals surface area (Å²) in [6.45, 7) is 2.22. The molecule has 2 aromatic carbocycles. The number of hydrogen-bond donors (Lipinski definition) is 1. The fourth-order valence-corrected chi connectivity index (χ4v) is 2.91. The van der Waals surface area contributed by atoms with Crippen molar-refractivity contribution in [2.24, 2.45) is 5.10 Å². The van der Waals surface area contributed by atoms with Crippen LogP contribution < -0.4 is 10.3 Å². The largest absolute Gasteiger partial charge is 0.372 e. The zero-order valence-corrected chi connectivity index (χ0v) is 13.9. The fourth-order valence-electron chi connectivity index (χ4n) is 2.91. The van der Waals surface area contributed by atoms with Crippen LogP contribution in [0.2, 0.25) is 0 Å². The number of nitrogens with zero attached hydrogens (tertiary/aromatic N) is 3. The lowest BCUT2D eigenvalue weighted by Gasteiger charge is -2.17. The molecular weight excluding hydrogens is 312 g/mol. The van der Waals surface area contributed by atoms with Crippen molar-refractivity contribution < 1.29 is 4.79 Å². The van der Waals surface area contributed by atoms with Gasteiger partial charge in [-0.25, -0.2) is 5.43 Å². The average Bonchev–Trinajstić information content (AvgIpc) is 3.18.